The third-order valence-electron chi connectivity index (χ3n) is 2.64. The molecule has 0 fully saturated rings. The van der Waals surface area contributed by atoms with E-state index in [1.165, 1.54) is 19.2 Å². The minimum atomic E-state index is -3.58. The summed E-state index contributed by atoms with van der Waals surface area (Å²) in [6.07, 6.45) is 0. The maximum absolute atomic E-state index is 11.5. The van der Waals surface area contributed by atoms with E-state index in [1.54, 1.807) is 0 Å². The van der Waals surface area contributed by atoms with Crippen LogP contribution in [0, 0.1) is 5.92 Å². The van der Waals surface area contributed by atoms with Gasteiger partial charge in [-0.05, 0) is 25.1 Å². The zero-order valence-corrected chi connectivity index (χ0v) is 12.0. The van der Waals surface area contributed by atoms with Crippen molar-refractivity contribution in [3.63, 3.8) is 0 Å². The molecule has 4 N–H and O–H groups in total. The number of primary amides is 1. The average Bonchev–Trinajstić information content (AvgIpc) is 2.77. The molecule has 1 rings (SSSR count). The summed E-state index contributed by atoms with van der Waals surface area (Å²) in [5.74, 6) is -0.00155. The number of carbonyl (C=O) groups excluding carboxylic acids is 1. The lowest BCUT2D eigenvalue weighted by Gasteiger charge is -2.17. The van der Waals surface area contributed by atoms with Gasteiger partial charge in [0.25, 0.3) is 10.0 Å². The second-order valence-electron chi connectivity index (χ2n) is 4.43. The second kappa shape index (κ2) is 6.18. The van der Waals surface area contributed by atoms with Crippen molar-refractivity contribution in [2.45, 2.75) is 31.5 Å². The Balaban J connectivity index is 2.72. The van der Waals surface area contributed by atoms with Gasteiger partial charge in [0.2, 0.25) is 11.0 Å². The Hall–Kier alpha value is -1.38. The molecule has 0 bridgehead atoms. The molecule has 0 saturated carbocycles. The highest BCUT2D eigenvalue weighted by atomic mass is 32.2. The summed E-state index contributed by atoms with van der Waals surface area (Å²) in [6.45, 7) is 3.95. The molecule has 1 unspecified atom stereocenters. The van der Waals surface area contributed by atoms with Gasteiger partial charge < -0.3 is 10.2 Å². The lowest BCUT2D eigenvalue weighted by molar-refractivity contribution is -0.121. The molecule has 0 spiro atoms. The van der Waals surface area contributed by atoms with Crippen LogP contribution < -0.4 is 15.8 Å². The summed E-state index contributed by atoms with van der Waals surface area (Å²) in [5, 5.41) is 2.77. The summed E-state index contributed by atoms with van der Waals surface area (Å²) >= 11 is 0. The lowest BCUT2D eigenvalue weighted by Crippen LogP contribution is -2.44. The van der Waals surface area contributed by atoms with Gasteiger partial charge in [-0.3, -0.25) is 10.1 Å². The van der Waals surface area contributed by atoms with Crippen LogP contribution in [0.1, 0.15) is 19.6 Å². The van der Waals surface area contributed by atoms with Gasteiger partial charge in [0, 0.05) is 0 Å². The van der Waals surface area contributed by atoms with Crippen molar-refractivity contribution < 1.29 is 17.6 Å². The number of hydrogen-bond donors (Lipinski definition) is 3. The average molecular weight is 289 g/mol. The molecule has 1 aromatic rings. The van der Waals surface area contributed by atoms with Gasteiger partial charge >= 0.3 is 0 Å². The molecule has 1 heterocycles. The van der Waals surface area contributed by atoms with E-state index in [-0.39, 0.29) is 17.6 Å². The SMILES string of the molecule is CNS(=O)(=O)c1ccc(CNC(C(N)=O)C(C)C)o1. The lowest BCUT2D eigenvalue weighted by atomic mass is 10.0. The Kier molecular flexibility index (Phi) is 5.10. The monoisotopic (exact) mass is 289 g/mol. The predicted octanol–water partition coefficient (Wildman–Crippen LogP) is -0.213. The number of nitrogens with two attached hydrogens (primary N) is 1. The number of furan rings is 1. The fraction of sp³-hybridized carbons (Fsp3) is 0.545. The van der Waals surface area contributed by atoms with Gasteiger partial charge in [0.1, 0.15) is 5.76 Å². The number of amides is 1. The zero-order chi connectivity index (χ0) is 14.6. The van der Waals surface area contributed by atoms with Crippen LogP contribution in [-0.2, 0) is 21.4 Å². The van der Waals surface area contributed by atoms with Gasteiger partial charge in [-0.2, -0.15) is 0 Å². The van der Waals surface area contributed by atoms with Crippen molar-refractivity contribution in [3.05, 3.63) is 17.9 Å². The molecule has 0 saturated heterocycles. The maximum atomic E-state index is 11.5. The van der Waals surface area contributed by atoms with Crippen LogP contribution in [0.5, 0.6) is 0 Å². The number of carbonyl (C=O) groups is 1. The largest absolute Gasteiger partial charge is 0.447 e. The van der Waals surface area contributed by atoms with E-state index in [2.05, 4.69) is 10.0 Å². The molecule has 0 aliphatic carbocycles. The maximum Gasteiger partial charge on any atom is 0.273 e. The van der Waals surface area contributed by atoms with E-state index >= 15 is 0 Å². The Morgan fingerprint density at radius 1 is 1.42 bits per heavy atom. The minimum absolute atomic E-state index is 0.0352. The predicted molar refractivity (Wildman–Crippen MR) is 69.6 cm³/mol. The smallest absolute Gasteiger partial charge is 0.273 e. The van der Waals surface area contributed by atoms with Crippen molar-refractivity contribution in [3.8, 4) is 0 Å². The van der Waals surface area contributed by atoms with Crippen LogP contribution in [0.25, 0.3) is 0 Å². The van der Waals surface area contributed by atoms with Crippen LogP contribution >= 0.6 is 0 Å². The van der Waals surface area contributed by atoms with Gasteiger partial charge in [0.15, 0.2) is 0 Å². The number of rotatable bonds is 7. The van der Waals surface area contributed by atoms with Crippen LogP contribution in [-0.4, -0.2) is 27.4 Å². The fourth-order valence-corrected chi connectivity index (χ4v) is 2.24. The minimum Gasteiger partial charge on any atom is -0.447 e. The van der Waals surface area contributed by atoms with Gasteiger partial charge in [-0.15, -0.1) is 0 Å². The van der Waals surface area contributed by atoms with E-state index in [9.17, 15) is 13.2 Å². The topological polar surface area (TPSA) is 114 Å². The Bertz CT molecular complexity index is 536. The third-order valence-corrected chi connectivity index (χ3v) is 3.93. The van der Waals surface area contributed by atoms with Gasteiger partial charge in [-0.1, -0.05) is 13.8 Å². The third kappa shape index (κ3) is 4.05. The van der Waals surface area contributed by atoms with E-state index < -0.39 is 22.0 Å². The first-order chi connectivity index (χ1) is 8.77. The first-order valence-corrected chi connectivity index (χ1v) is 7.31. The highest BCUT2D eigenvalue weighted by molar-refractivity contribution is 7.89. The molecule has 1 atom stereocenters. The summed E-state index contributed by atoms with van der Waals surface area (Å²) < 4.78 is 30.3. The first kappa shape index (κ1) is 15.7. The van der Waals surface area contributed by atoms with Crippen molar-refractivity contribution >= 4 is 15.9 Å². The molecule has 1 aromatic heterocycles. The fourth-order valence-electron chi connectivity index (χ4n) is 1.57. The van der Waals surface area contributed by atoms with Crippen LogP contribution in [0.4, 0.5) is 0 Å². The van der Waals surface area contributed by atoms with Crippen molar-refractivity contribution in [1.82, 2.24) is 10.0 Å². The molecule has 7 nitrogen and oxygen atoms in total. The number of nitrogens with one attached hydrogen (secondary N) is 2. The normalized spacial score (nSPS) is 13.7. The van der Waals surface area contributed by atoms with Gasteiger partial charge in [0.05, 0.1) is 12.6 Å². The summed E-state index contributed by atoms with van der Waals surface area (Å²) in [6, 6.07) is 2.40. The Morgan fingerprint density at radius 2 is 2.05 bits per heavy atom. The Labute approximate surface area is 112 Å². The summed E-state index contributed by atoms with van der Waals surface area (Å²) in [4.78, 5) is 11.2. The molecule has 0 aromatic carbocycles. The standard InChI is InChI=1S/C11H19N3O4S/c1-7(2)10(11(12)15)14-6-8-4-5-9(18-8)19(16,17)13-3/h4-5,7,10,13-14H,6H2,1-3H3,(H2,12,15). The second-order valence-corrected chi connectivity index (χ2v) is 6.25. The first-order valence-electron chi connectivity index (χ1n) is 5.83. The molecule has 0 aliphatic rings. The molecule has 19 heavy (non-hydrogen) atoms. The number of hydrogen-bond acceptors (Lipinski definition) is 5. The highest BCUT2D eigenvalue weighted by Gasteiger charge is 2.20. The van der Waals surface area contributed by atoms with Crippen molar-refractivity contribution in [2.24, 2.45) is 11.7 Å². The molecule has 1 amide bonds. The highest BCUT2D eigenvalue weighted by Crippen LogP contribution is 2.13. The van der Waals surface area contributed by atoms with Crippen LogP contribution in [0.3, 0.4) is 0 Å². The van der Waals surface area contributed by atoms with Crippen molar-refractivity contribution in [2.75, 3.05) is 7.05 Å². The van der Waals surface area contributed by atoms with Crippen molar-refractivity contribution in [1.29, 1.82) is 0 Å². The summed E-state index contributed by atoms with van der Waals surface area (Å²) in [7, 11) is -2.28. The molecular formula is C11H19N3O4S. The molecule has 108 valence electrons. The zero-order valence-electron chi connectivity index (χ0n) is 11.1. The molecule has 8 heteroatoms. The quantitative estimate of drug-likeness (QED) is 0.642. The van der Waals surface area contributed by atoms with E-state index in [0.717, 1.165) is 0 Å². The summed E-state index contributed by atoms with van der Waals surface area (Å²) in [5.41, 5.74) is 5.26. The van der Waals surface area contributed by atoms with Crippen LogP contribution in [0.15, 0.2) is 21.6 Å². The van der Waals surface area contributed by atoms with Gasteiger partial charge in [-0.25, -0.2) is 13.1 Å². The van der Waals surface area contributed by atoms with Crippen LogP contribution in [0.2, 0.25) is 0 Å². The Morgan fingerprint density at radius 3 is 2.53 bits per heavy atom. The van der Waals surface area contributed by atoms with E-state index in [1.807, 2.05) is 13.8 Å². The molecular weight excluding hydrogens is 270 g/mol. The van der Waals surface area contributed by atoms with E-state index in [0.29, 0.717) is 5.76 Å². The number of sulfonamides is 1. The molecule has 0 radical (unpaired) electrons. The van der Waals surface area contributed by atoms with E-state index in [4.69, 9.17) is 10.2 Å². The molecule has 0 aliphatic heterocycles.